The van der Waals surface area contributed by atoms with Gasteiger partial charge < -0.3 is 10.1 Å². The van der Waals surface area contributed by atoms with Crippen molar-refractivity contribution in [3.05, 3.63) is 29.8 Å². The summed E-state index contributed by atoms with van der Waals surface area (Å²) >= 11 is 0. The molecule has 9 nitrogen and oxygen atoms in total. The lowest BCUT2D eigenvalue weighted by molar-refractivity contribution is -0.123. The van der Waals surface area contributed by atoms with Crippen LogP contribution in [-0.2, 0) is 19.6 Å². The number of amides is 3. The van der Waals surface area contributed by atoms with Crippen LogP contribution in [0.25, 0.3) is 0 Å². The van der Waals surface area contributed by atoms with Crippen molar-refractivity contribution < 1.29 is 27.5 Å². The zero-order valence-corrected chi connectivity index (χ0v) is 16.8. The highest BCUT2D eigenvalue weighted by atomic mass is 32.2. The summed E-state index contributed by atoms with van der Waals surface area (Å²) in [5.74, 6) is -1.68. The Bertz CT molecular complexity index is 805. The lowest BCUT2D eigenvalue weighted by Gasteiger charge is -2.21. The molecule has 0 atom stereocenters. The molecule has 1 aromatic rings. The number of benzene rings is 1. The quantitative estimate of drug-likeness (QED) is 0.662. The maximum atomic E-state index is 12.5. The van der Waals surface area contributed by atoms with E-state index in [4.69, 9.17) is 4.74 Å². The monoisotopic (exact) mass is 399 g/mol. The molecule has 0 aliphatic rings. The molecule has 0 bridgehead atoms. The fourth-order valence-corrected chi connectivity index (χ4v) is 3.32. The highest BCUT2D eigenvalue weighted by Crippen LogP contribution is 2.18. The molecule has 150 valence electrons. The van der Waals surface area contributed by atoms with Crippen molar-refractivity contribution in [3.63, 3.8) is 0 Å². The highest BCUT2D eigenvalue weighted by molar-refractivity contribution is 7.89. The van der Waals surface area contributed by atoms with Gasteiger partial charge in [-0.25, -0.2) is 18.0 Å². The van der Waals surface area contributed by atoms with E-state index in [1.807, 2.05) is 5.32 Å². The number of sulfonamides is 1. The molecule has 0 aromatic heterocycles. The summed E-state index contributed by atoms with van der Waals surface area (Å²) < 4.78 is 31.0. The SMILES string of the molecule is CC(C)NC(=O)NC(=O)COC(=O)c1cccc(S(=O)(=O)N(C)C(C)C)c1. The summed E-state index contributed by atoms with van der Waals surface area (Å²) in [6.45, 7) is 6.23. The number of nitrogens with zero attached hydrogens (tertiary/aromatic N) is 1. The predicted molar refractivity (Wildman–Crippen MR) is 98.6 cm³/mol. The van der Waals surface area contributed by atoms with Gasteiger partial charge >= 0.3 is 12.0 Å². The Morgan fingerprint density at radius 1 is 1.15 bits per heavy atom. The maximum Gasteiger partial charge on any atom is 0.338 e. The smallest absolute Gasteiger partial charge is 0.338 e. The summed E-state index contributed by atoms with van der Waals surface area (Å²) in [7, 11) is -2.32. The van der Waals surface area contributed by atoms with Crippen LogP contribution >= 0.6 is 0 Å². The molecule has 1 rings (SSSR count). The normalized spacial score (nSPS) is 11.6. The standard InChI is InChI=1S/C17H25N3O6S/c1-11(2)18-17(23)19-15(21)10-26-16(22)13-7-6-8-14(9-13)27(24,25)20(5)12(3)4/h6-9,11-12H,10H2,1-5H3,(H2,18,19,21,23). The van der Waals surface area contributed by atoms with E-state index in [1.165, 1.54) is 35.6 Å². The molecular formula is C17H25N3O6S. The Labute approximate surface area is 159 Å². The minimum atomic E-state index is -3.76. The van der Waals surface area contributed by atoms with Crippen LogP contribution < -0.4 is 10.6 Å². The lowest BCUT2D eigenvalue weighted by atomic mass is 10.2. The van der Waals surface area contributed by atoms with Crippen LogP contribution in [-0.4, -0.2) is 56.4 Å². The third-order valence-corrected chi connectivity index (χ3v) is 5.51. The number of hydrogen-bond acceptors (Lipinski definition) is 6. The average Bonchev–Trinajstić information content (AvgIpc) is 2.58. The molecule has 3 amide bonds. The van der Waals surface area contributed by atoms with Crippen LogP contribution in [0.4, 0.5) is 4.79 Å². The van der Waals surface area contributed by atoms with Gasteiger partial charge in [-0.1, -0.05) is 6.07 Å². The first-order valence-electron chi connectivity index (χ1n) is 8.30. The Morgan fingerprint density at radius 2 is 1.78 bits per heavy atom. The van der Waals surface area contributed by atoms with Gasteiger partial charge in [0.2, 0.25) is 10.0 Å². The van der Waals surface area contributed by atoms with Gasteiger partial charge in [0.25, 0.3) is 5.91 Å². The van der Waals surface area contributed by atoms with E-state index >= 15 is 0 Å². The summed E-state index contributed by atoms with van der Waals surface area (Å²) in [6, 6.07) is 4.22. The van der Waals surface area contributed by atoms with Crippen molar-refractivity contribution in [2.75, 3.05) is 13.7 Å². The van der Waals surface area contributed by atoms with Crippen molar-refractivity contribution in [2.45, 2.75) is 44.7 Å². The first kappa shape index (κ1) is 22.6. The topological polar surface area (TPSA) is 122 Å². The van der Waals surface area contributed by atoms with E-state index in [1.54, 1.807) is 27.7 Å². The molecule has 2 N–H and O–H groups in total. The number of esters is 1. The van der Waals surface area contributed by atoms with Gasteiger partial charge in [0, 0.05) is 19.1 Å². The molecule has 1 aromatic carbocycles. The molecule has 27 heavy (non-hydrogen) atoms. The Balaban J connectivity index is 2.77. The summed E-state index contributed by atoms with van der Waals surface area (Å²) in [5, 5.41) is 4.47. The number of imide groups is 1. The maximum absolute atomic E-state index is 12.5. The van der Waals surface area contributed by atoms with E-state index in [2.05, 4.69) is 5.32 Å². The van der Waals surface area contributed by atoms with Crippen molar-refractivity contribution in [2.24, 2.45) is 0 Å². The first-order chi connectivity index (χ1) is 12.4. The van der Waals surface area contributed by atoms with Gasteiger partial charge in [-0.05, 0) is 45.9 Å². The zero-order valence-electron chi connectivity index (χ0n) is 16.0. The average molecular weight is 399 g/mol. The molecule has 0 heterocycles. The molecule has 10 heteroatoms. The van der Waals surface area contributed by atoms with Crippen molar-refractivity contribution in [1.82, 2.24) is 14.9 Å². The minimum absolute atomic E-state index is 0.0207. The second kappa shape index (κ2) is 9.47. The highest BCUT2D eigenvalue weighted by Gasteiger charge is 2.24. The molecule has 0 radical (unpaired) electrons. The molecule has 0 fully saturated rings. The van der Waals surface area contributed by atoms with Crippen LogP contribution in [0.15, 0.2) is 29.2 Å². The summed E-state index contributed by atoms with van der Waals surface area (Å²) in [6.07, 6.45) is 0. The van der Waals surface area contributed by atoms with Crippen LogP contribution in [0.3, 0.4) is 0 Å². The second-order valence-electron chi connectivity index (χ2n) is 6.40. The van der Waals surface area contributed by atoms with E-state index in [9.17, 15) is 22.8 Å². The molecule has 0 saturated carbocycles. The van der Waals surface area contributed by atoms with Crippen LogP contribution in [0.1, 0.15) is 38.1 Å². The van der Waals surface area contributed by atoms with Gasteiger partial charge in [-0.3, -0.25) is 10.1 Å². The van der Waals surface area contributed by atoms with Gasteiger partial charge in [0.1, 0.15) is 0 Å². The number of urea groups is 1. The fraction of sp³-hybridized carbons (Fsp3) is 0.471. The number of ether oxygens (including phenoxy) is 1. The van der Waals surface area contributed by atoms with E-state index < -0.39 is 34.5 Å². The van der Waals surface area contributed by atoms with Crippen molar-refractivity contribution >= 4 is 27.9 Å². The third kappa shape index (κ3) is 6.65. The van der Waals surface area contributed by atoms with E-state index in [0.29, 0.717) is 0 Å². The van der Waals surface area contributed by atoms with Crippen LogP contribution in [0.2, 0.25) is 0 Å². The Kier molecular flexibility index (Phi) is 7.92. The molecule has 0 aliphatic heterocycles. The van der Waals surface area contributed by atoms with Gasteiger partial charge in [0.15, 0.2) is 6.61 Å². The summed E-state index contributed by atoms with van der Waals surface area (Å²) in [5.41, 5.74) is -0.0207. The molecular weight excluding hydrogens is 374 g/mol. The molecule has 0 aliphatic carbocycles. The predicted octanol–water partition coefficient (Wildman–Crippen LogP) is 1.11. The van der Waals surface area contributed by atoms with Crippen LogP contribution in [0.5, 0.6) is 0 Å². The van der Waals surface area contributed by atoms with Gasteiger partial charge in [-0.2, -0.15) is 4.31 Å². The first-order valence-corrected chi connectivity index (χ1v) is 9.74. The van der Waals surface area contributed by atoms with Gasteiger partial charge in [-0.15, -0.1) is 0 Å². The molecule has 0 spiro atoms. The number of carbonyl (C=O) groups excluding carboxylic acids is 3. The van der Waals surface area contributed by atoms with Crippen molar-refractivity contribution in [1.29, 1.82) is 0 Å². The van der Waals surface area contributed by atoms with Crippen molar-refractivity contribution in [3.8, 4) is 0 Å². The Hall–Kier alpha value is -2.46. The third-order valence-electron chi connectivity index (χ3n) is 3.48. The zero-order chi connectivity index (χ0) is 20.8. The van der Waals surface area contributed by atoms with E-state index in [-0.39, 0.29) is 22.5 Å². The van der Waals surface area contributed by atoms with E-state index in [0.717, 1.165) is 0 Å². The fourth-order valence-electron chi connectivity index (χ4n) is 1.90. The summed E-state index contributed by atoms with van der Waals surface area (Å²) in [4.78, 5) is 35.0. The molecule has 0 saturated heterocycles. The largest absolute Gasteiger partial charge is 0.452 e. The minimum Gasteiger partial charge on any atom is -0.452 e. The number of hydrogen-bond donors (Lipinski definition) is 2. The lowest BCUT2D eigenvalue weighted by Crippen LogP contribution is -2.44. The number of nitrogens with one attached hydrogen (secondary N) is 2. The number of rotatable bonds is 7. The second-order valence-corrected chi connectivity index (χ2v) is 8.39. The Morgan fingerprint density at radius 3 is 2.33 bits per heavy atom. The number of carbonyl (C=O) groups is 3. The molecule has 0 unspecified atom stereocenters. The van der Waals surface area contributed by atoms with Gasteiger partial charge in [0.05, 0.1) is 10.5 Å². The van der Waals surface area contributed by atoms with Crippen LogP contribution in [0, 0.1) is 0 Å².